The summed E-state index contributed by atoms with van der Waals surface area (Å²) < 4.78 is 10.7. The minimum Gasteiger partial charge on any atom is -0.495 e. The van der Waals surface area contributed by atoms with Crippen LogP contribution in [-0.2, 0) is 18.0 Å². The van der Waals surface area contributed by atoms with Crippen LogP contribution in [0, 0.1) is 0 Å². The Bertz CT molecular complexity index is 631. The average molecular weight is 290 g/mol. The van der Waals surface area contributed by atoms with Gasteiger partial charge < -0.3 is 15.2 Å². The lowest BCUT2D eigenvalue weighted by Gasteiger charge is -2.15. The molecule has 1 atom stereocenters. The average Bonchev–Trinajstić information content (AvgIpc) is 2.94. The number of ether oxygens (including phenoxy) is 2. The predicted octanol–water partition coefficient (Wildman–Crippen LogP) is 3.43. The molecule has 104 valence electrons. The van der Waals surface area contributed by atoms with Crippen molar-refractivity contribution >= 4 is 11.6 Å². The Balaban J connectivity index is 1.94. The van der Waals surface area contributed by atoms with Crippen LogP contribution < -0.4 is 10.5 Å². The summed E-state index contributed by atoms with van der Waals surface area (Å²) in [5.41, 5.74) is 10.9. The maximum atomic E-state index is 6.34. The van der Waals surface area contributed by atoms with Gasteiger partial charge in [-0.3, -0.25) is 0 Å². The molecule has 2 N–H and O–H groups in total. The molecule has 0 saturated heterocycles. The summed E-state index contributed by atoms with van der Waals surface area (Å²) in [6.45, 7) is 1.36. The zero-order valence-corrected chi connectivity index (χ0v) is 12.0. The Morgan fingerprint density at radius 3 is 2.60 bits per heavy atom. The number of halogens is 1. The Kier molecular flexibility index (Phi) is 3.66. The van der Waals surface area contributed by atoms with Gasteiger partial charge in [0.2, 0.25) is 0 Å². The highest BCUT2D eigenvalue weighted by Gasteiger charge is 2.16. The lowest BCUT2D eigenvalue weighted by molar-refractivity contribution is 0.134. The molecule has 4 heteroatoms. The largest absolute Gasteiger partial charge is 0.495 e. The fourth-order valence-corrected chi connectivity index (χ4v) is 2.64. The summed E-state index contributed by atoms with van der Waals surface area (Å²) in [5, 5.41) is 0.589. The van der Waals surface area contributed by atoms with Crippen molar-refractivity contribution in [2.45, 2.75) is 19.3 Å². The van der Waals surface area contributed by atoms with Gasteiger partial charge in [-0.05, 0) is 34.4 Å². The molecule has 3 rings (SSSR count). The fraction of sp³-hybridized carbons (Fsp3) is 0.250. The molecule has 0 radical (unpaired) electrons. The van der Waals surface area contributed by atoms with Gasteiger partial charge in [0, 0.05) is 0 Å². The van der Waals surface area contributed by atoms with Gasteiger partial charge in [0.05, 0.1) is 31.4 Å². The smallest absolute Gasteiger partial charge is 0.137 e. The molecule has 0 aliphatic carbocycles. The van der Waals surface area contributed by atoms with Gasteiger partial charge in [-0.15, -0.1) is 0 Å². The van der Waals surface area contributed by atoms with Crippen molar-refractivity contribution in [2.24, 2.45) is 5.73 Å². The van der Waals surface area contributed by atoms with Gasteiger partial charge in [-0.1, -0.05) is 35.9 Å². The van der Waals surface area contributed by atoms with E-state index in [0.717, 1.165) is 11.1 Å². The predicted molar refractivity (Wildman–Crippen MR) is 79.0 cm³/mol. The summed E-state index contributed by atoms with van der Waals surface area (Å²) in [6, 6.07) is 11.7. The van der Waals surface area contributed by atoms with E-state index in [9.17, 15) is 0 Å². The lowest BCUT2D eigenvalue weighted by Crippen LogP contribution is -2.12. The van der Waals surface area contributed by atoms with Crippen LogP contribution in [0.3, 0.4) is 0 Å². The molecule has 2 aromatic rings. The van der Waals surface area contributed by atoms with E-state index in [2.05, 4.69) is 18.2 Å². The zero-order chi connectivity index (χ0) is 14.1. The highest BCUT2D eigenvalue weighted by Crippen LogP contribution is 2.31. The molecule has 0 saturated carbocycles. The molecular formula is C16H16ClNO2. The third kappa shape index (κ3) is 2.40. The molecule has 0 fully saturated rings. The topological polar surface area (TPSA) is 44.5 Å². The third-order valence-electron chi connectivity index (χ3n) is 3.64. The van der Waals surface area contributed by atoms with E-state index in [1.54, 1.807) is 7.11 Å². The van der Waals surface area contributed by atoms with Gasteiger partial charge in [-0.2, -0.15) is 0 Å². The summed E-state index contributed by atoms with van der Waals surface area (Å²) in [6.07, 6.45) is 0. The molecule has 20 heavy (non-hydrogen) atoms. The van der Waals surface area contributed by atoms with Gasteiger partial charge in [0.25, 0.3) is 0 Å². The van der Waals surface area contributed by atoms with E-state index in [1.807, 2.05) is 18.2 Å². The molecule has 2 aromatic carbocycles. The molecule has 0 bridgehead atoms. The molecule has 0 spiro atoms. The second-order valence-corrected chi connectivity index (χ2v) is 5.30. The van der Waals surface area contributed by atoms with Crippen LogP contribution in [0.2, 0.25) is 5.02 Å². The monoisotopic (exact) mass is 289 g/mol. The molecule has 1 heterocycles. The summed E-state index contributed by atoms with van der Waals surface area (Å²) in [7, 11) is 1.60. The van der Waals surface area contributed by atoms with E-state index in [0.29, 0.717) is 24.0 Å². The first-order chi connectivity index (χ1) is 9.69. The number of rotatable bonds is 3. The van der Waals surface area contributed by atoms with Gasteiger partial charge in [-0.25, -0.2) is 0 Å². The maximum absolute atomic E-state index is 6.34. The van der Waals surface area contributed by atoms with Crippen molar-refractivity contribution in [1.29, 1.82) is 0 Å². The lowest BCUT2D eigenvalue weighted by atomic mass is 9.96. The molecule has 1 aliphatic rings. The first kappa shape index (κ1) is 13.4. The number of fused-ring (bicyclic) bond motifs is 1. The van der Waals surface area contributed by atoms with Crippen LogP contribution in [0.15, 0.2) is 36.4 Å². The Morgan fingerprint density at radius 2 is 1.80 bits per heavy atom. The number of hydrogen-bond acceptors (Lipinski definition) is 3. The normalized spacial score (nSPS) is 14.9. The fourth-order valence-electron chi connectivity index (χ4n) is 2.45. The number of hydrogen-bond donors (Lipinski definition) is 1. The van der Waals surface area contributed by atoms with Crippen LogP contribution in [0.25, 0.3) is 0 Å². The third-order valence-corrected chi connectivity index (χ3v) is 3.95. The second-order valence-electron chi connectivity index (χ2n) is 4.89. The first-order valence-electron chi connectivity index (χ1n) is 6.47. The number of nitrogens with two attached hydrogens (primary N) is 1. The zero-order valence-electron chi connectivity index (χ0n) is 11.2. The first-order valence-corrected chi connectivity index (χ1v) is 6.85. The Hall–Kier alpha value is -1.55. The minimum absolute atomic E-state index is 0.202. The van der Waals surface area contributed by atoms with E-state index in [1.165, 1.54) is 11.1 Å². The number of benzene rings is 2. The standard InChI is InChI=1S/C16H16ClNO2/c1-19-15-7-11(4-5-14(15)17)16(18)10-2-3-12-8-20-9-13(12)6-10/h2-7,16H,8-9,18H2,1H3. The van der Waals surface area contributed by atoms with Crippen LogP contribution in [0.5, 0.6) is 5.75 Å². The number of methoxy groups -OCH3 is 1. The molecule has 1 unspecified atom stereocenters. The van der Waals surface area contributed by atoms with Gasteiger partial charge in [0.1, 0.15) is 5.75 Å². The highest BCUT2D eigenvalue weighted by molar-refractivity contribution is 6.32. The van der Waals surface area contributed by atoms with E-state index in [4.69, 9.17) is 26.8 Å². The van der Waals surface area contributed by atoms with Gasteiger partial charge in [0.15, 0.2) is 0 Å². The maximum Gasteiger partial charge on any atom is 0.137 e. The summed E-state index contributed by atoms with van der Waals surface area (Å²) in [5.74, 6) is 0.643. The van der Waals surface area contributed by atoms with Crippen LogP contribution >= 0.6 is 11.6 Å². The molecule has 1 aliphatic heterocycles. The Labute approximate surface area is 123 Å². The molecule has 0 aromatic heterocycles. The molecular weight excluding hydrogens is 274 g/mol. The van der Waals surface area contributed by atoms with Crippen molar-refractivity contribution in [2.75, 3.05) is 7.11 Å². The highest BCUT2D eigenvalue weighted by atomic mass is 35.5. The van der Waals surface area contributed by atoms with Crippen LogP contribution in [-0.4, -0.2) is 7.11 Å². The van der Waals surface area contributed by atoms with Crippen molar-refractivity contribution in [3.05, 3.63) is 63.7 Å². The summed E-state index contributed by atoms with van der Waals surface area (Å²) in [4.78, 5) is 0. The quantitative estimate of drug-likeness (QED) is 0.941. The van der Waals surface area contributed by atoms with E-state index < -0.39 is 0 Å². The van der Waals surface area contributed by atoms with Crippen molar-refractivity contribution in [3.8, 4) is 5.75 Å². The molecule has 3 nitrogen and oxygen atoms in total. The van der Waals surface area contributed by atoms with Crippen molar-refractivity contribution < 1.29 is 9.47 Å². The van der Waals surface area contributed by atoms with E-state index in [-0.39, 0.29) is 6.04 Å². The SMILES string of the molecule is COc1cc(C(N)c2ccc3c(c2)COC3)ccc1Cl. The summed E-state index contributed by atoms with van der Waals surface area (Å²) >= 11 is 6.04. The van der Waals surface area contributed by atoms with Crippen molar-refractivity contribution in [3.63, 3.8) is 0 Å². The Morgan fingerprint density at radius 1 is 1.10 bits per heavy atom. The van der Waals surface area contributed by atoms with E-state index >= 15 is 0 Å². The van der Waals surface area contributed by atoms with Crippen LogP contribution in [0.1, 0.15) is 28.3 Å². The second kappa shape index (κ2) is 5.44. The van der Waals surface area contributed by atoms with Gasteiger partial charge >= 0.3 is 0 Å². The molecule has 0 amide bonds. The van der Waals surface area contributed by atoms with Crippen LogP contribution in [0.4, 0.5) is 0 Å². The van der Waals surface area contributed by atoms with Crippen molar-refractivity contribution in [1.82, 2.24) is 0 Å². The minimum atomic E-state index is -0.202.